The smallest absolute Gasteiger partial charge is 0.254 e. The highest BCUT2D eigenvalue weighted by Crippen LogP contribution is 2.36. The summed E-state index contributed by atoms with van der Waals surface area (Å²) in [6.07, 6.45) is 1.18. The van der Waals surface area contributed by atoms with E-state index < -0.39 is 0 Å². The summed E-state index contributed by atoms with van der Waals surface area (Å²) >= 11 is 3.43. The summed E-state index contributed by atoms with van der Waals surface area (Å²) < 4.78 is 11.3. The van der Waals surface area contributed by atoms with Crippen LogP contribution in [0.15, 0.2) is 16.6 Å². The minimum atomic E-state index is 0.0394. The molecule has 0 radical (unpaired) electrons. The standard InChI is InChI=1S/C16H22BrNO3/c1-10-5-11(2)9-18(8-10)16(19)12-6-13(20-3)15(17)14(7-12)21-4/h6-7,10-11H,5,8-9H2,1-4H3. The zero-order chi connectivity index (χ0) is 15.6. The van der Waals surface area contributed by atoms with E-state index in [1.807, 2.05) is 4.90 Å². The van der Waals surface area contributed by atoms with E-state index in [1.54, 1.807) is 26.4 Å². The number of hydrogen-bond donors (Lipinski definition) is 0. The van der Waals surface area contributed by atoms with Gasteiger partial charge in [0.25, 0.3) is 5.91 Å². The van der Waals surface area contributed by atoms with Gasteiger partial charge in [-0.3, -0.25) is 4.79 Å². The first kappa shape index (κ1) is 16.1. The van der Waals surface area contributed by atoms with E-state index in [0.717, 1.165) is 17.6 Å². The Bertz CT molecular complexity index is 497. The molecule has 1 aliphatic rings. The molecule has 116 valence electrons. The normalized spacial score (nSPS) is 22.0. The number of ether oxygens (including phenoxy) is 2. The lowest BCUT2D eigenvalue weighted by Gasteiger charge is -2.35. The highest BCUT2D eigenvalue weighted by molar-refractivity contribution is 9.10. The zero-order valence-electron chi connectivity index (χ0n) is 13.0. The SMILES string of the molecule is COc1cc(C(=O)N2CC(C)CC(C)C2)cc(OC)c1Br. The van der Waals surface area contributed by atoms with Gasteiger partial charge in [0.05, 0.1) is 14.2 Å². The average molecular weight is 356 g/mol. The molecule has 0 N–H and O–H groups in total. The predicted octanol–water partition coefficient (Wildman–Crippen LogP) is 3.58. The van der Waals surface area contributed by atoms with Crippen molar-refractivity contribution in [2.45, 2.75) is 20.3 Å². The fourth-order valence-electron chi connectivity index (χ4n) is 3.00. The van der Waals surface area contributed by atoms with Crippen molar-refractivity contribution in [2.75, 3.05) is 27.3 Å². The fourth-order valence-corrected chi connectivity index (χ4v) is 3.56. The van der Waals surface area contributed by atoms with Crippen LogP contribution >= 0.6 is 15.9 Å². The molecule has 21 heavy (non-hydrogen) atoms. The third kappa shape index (κ3) is 3.51. The minimum Gasteiger partial charge on any atom is -0.495 e. The first-order valence-electron chi connectivity index (χ1n) is 7.17. The van der Waals surface area contributed by atoms with Crippen LogP contribution in [-0.2, 0) is 0 Å². The van der Waals surface area contributed by atoms with Crippen LogP contribution in [0, 0.1) is 11.8 Å². The second-order valence-electron chi connectivity index (χ2n) is 5.85. The van der Waals surface area contributed by atoms with Gasteiger partial charge in [0.1, 0.15) is 16.0 Å². The Morgan fingerprint density at radius 1 is 1.14 bits per heavy atom. The minimum absolute atomic E-state index is 0.0394. The summed E-state index contributed by atoms with van der Waals surface area (Å²) in [5.41, 5.74) is 0.605. The molecule has 0 spiro atoms. The van der Waals surface area contributed by atoms with Crippen molar-refractivity contribution in [3.05, 3.63) is 22.2 Å². The molecule has 4 nitrogen and oxygen atoms in total. The molecule has 1 aromatic rings. The Balaban J connectivity index is 2.30. The van der Waals surface area contributed by atoms with Crippen LogP contribution in [0.4, 0.5) is 0 Å². The predicted molar refractivity (Wildman–Crippen MR) is 86.1 cm³/mol. The van der Waals surface area contributed by atoms with Gasteiger partial charge in [-0.15, -0.1) is 0 Å². The van der Waals surface area contributed by atoms with E-state index >= 15 is 0 Å². The lowest BCUT2D eigenvalue weighted by Crippen LogP contribution is -2.42. The van der Waals surface area contributed by atoms with E-state index in [4.69, 9.17) is 9.47 Å². The molecule has 2 atom stereocenters. The molecule has 5 heteroatoms. The van der Waals surface area contributed by atoms with E-state index in [2.05, 4.69) is 29.8 Å². The van der Waals surface area contributed by atoms with Gasteiger partial charge in [0, 0.05) is 18.7 Å². The monoisotopic (exact) mass is 355 g/mol. The molecule has 2 rings (SSSR count). The van der Waals surface area contributed by atoms with Crippen molar-refractivity contribution in [2.24, 2.45) is 11.8 Å². The average Bonchev–Trinajstić information content (AvgIpc) is 2.45. The highest BCUT2D eigenvalue weighted by Gasteiger charge is 2.27. The third-order valence-corrected chi connectivity index (χ3v) is 4.63. The van der Waals surface area contributed by atoms with E-state index in [-0.39, 0.29) is 5.91 Å². The van der Waals surface area contributed by atoms with Crippen LogP contribution in [0.1, 0.15) is 30.6 Å². The van der Waals surface area contributed by atoms with Crippen LogP contribution in [0.25, 0.3) is 0 Å². The first-order valence-corrected chi connectivity index (χ1v) is 7.96. The number of halogens is 1. The summed E-state index contributed by atoms with van der Waals surface area (Å²) in [7, 11) is 3.16. The van der Waals surface area contributed by atoms with E-state index in [1.165, 1.54) is 6.42 Å². The highest BCUT2D eigenvalue weighted by atomic mass is 79.9. The van der Waals surface area contributed by atoms with Gasteiger partial charge in [-0.1, -0.05) is 13.8 Å². The Morgan fingerprint density at radius 3 is 2.05 bits per heavy atom. The van der Waals surface area contributed by atoms with Crippen molar-refractivity contribution in [1.29, 1.82) is 0 Å². The molecule has 1 amide bonds. The van der Waals surface area contributed by atoms with Crippen LogP contribution in [0.3, 0.4) is 0 Å². The number of benzene rings is 1. The van der Waals surface area contributed by atoms with Crippen molar-refractivity contribution >= 4 is 21.8 Å². The lowest BCUT2D eigenvalue weighted by atomic mass is 9.91. The molecule has 0 aromatic heterocycles. The number of rotatable bonds is 3. The second-order valence-corrected chi connectivity index (χ2v) is 6.64. The topological polar surface area (TPSA) is 38.8 Å². The number of hydrogen-bond acceptors (Lipinski definition) is 3. The van der Waals surface area contributed by atoms with Gasteiger partial charge in [-0.25, -0.2) is 0 Å². The summed E-state index contributed by atoms with van der Waals surface area (Å²) in [6, 6.07) is 3.53. The third-order valence-electron chi connectivity index (χ3n) is 3.85. The summed E-state index contributed by atoms with van der Waals surface area (Å²) in [6.45, 7) is 6.01. The Hall–Kier alpha value is -1.23. The number of likely N-dealkylation sites (tertiary alicyclic amines) is 1. The van der Waals surface area contributed by atoms with Gasteiger partial charge in [0.15, 0.2) is 0 Å². The molecule has 1 aliphatic heterocycles. The number of carbonyl (C=O) groups is 1. The van der Waals surface area contributed by atoms with Crippen molar-refractivity contribution in [3.8, 4) is 11.5 Å². The molecule has 1 saturated heterocycles. The van der Waals surface area contributed by atoms with Crippen LogP contribution in [-0.4, -0.2) is 38.1 Å². The Morgan fingerprint density at radius 2 is 1.62 bits per heavy atom. The summed E-state index contributed by atoms with van der Waals surface area (Å²) in [5.74, 6) is 2.33. The van der Waals surface area contributed by atoms with Gasteiger partial charge in [0.2, 0.25) is 0 Å². The summed E-state index contributed by atoms with van der Waals surface area (Å²) in [4.78, 5) is 14.7. The molecule has 0 aliphatic carbocycles. The molecular formula is C16H22BrNO3. The lowest BCUT2D eigenvalue weighted by molar-refractivity contribution is 0.0622. The first-order chi connectivity index (χ1) is 9.96. The van der Waals surface area contributed by atoms with Crippen LogP contribution in [0.2, 0.25) is 0 Å². The number of amides is 1. The van der Waals surface area contributed by atoms with Gasteiger partial charge >= 0.3 is 0 Å². The second kappa shape index (κ2) is 6.69. The molecule has 0 bridgehead atoms. The van der Waals surface area contributed by atoms with Gasteiger partial charge in [-0.05, 0) is 46.3 Å². The molecule has 2 unspecified atom stereocenters. The Labute approximate surface area is 134 Å². The maximum atomic E-state index is 12.7. The zero-order valence-corrected chi connectivity index (χ0v) is 14.6. The van der Waals surface area contributed by atoms with Crippen molar-refractivity contribution in [3.63, 3.8) is 0 Å². The van der Waals surface area contributed by atoms with Gasteiger partial charge < -0.3 is 14.4 Å². The molecule has 1 heterocycles. The van der Waals surface area contributed by atoms with E-state index in [9.17, 15) is 4.79 Å². The molecule has 1 aromatic carbocycles. The van der Waals surface area contributed by atoms with Gasteiger partial charge in [-0.2, -0.15) is 0 Å². The molecular weight excluding hydrogens is 334 g/mol. The maximum Gasteiger partial charge on any atom is 0.254 e. The van der Waals surface area contributed by atoms with Crippen LogP contribution < -0.4 is 9.47 Å². The fraction of sp³-hybridized carbons (Fsp3) is 0.562. The molecule has 1 fully saturated rings. The van der Waals surface area contributed by atoms with E-state index in [0.29, 0.717) is 28.9 Å². The largest absolute Gasteiger partial charge is 0.495 e. The number of piperidine rings is 1. The van der Waals surface area contributed by atoms with Crippen molar-refractivity contribution < 1.29 is 14.3 Å². The van der Waals surface area contributed by atoms with Crippen molar-refractivity contribution in [1.82, 2.24) is 4.90 Å². The number of carbonyl (C=O) groups excluding carboxylic acids is 1. The number of methoxy groups -OCH3 is 2. The molecule has 0 saturated carbocycles. The Kier molecular flexibility index (Phi) is 5.14. The summed E-state index contributed by atoms with van der Waals surface area (Å²) in [5, 5.41) is 0. The quantitative estimate of drug-likeness (QED) is 0.831. The number of nitrogens with zero attached hydrogens (tertiary/aromatic N) is 1. The van der Waals surface area contributed by atoms with Crippen LogP contribution in [0.5, 0.6) is 11.5 Å². The maximum absolute atomic E-state index is 12.7.